The summed E-state index contributed by atoms with van der Waals surface area (Å²) in [4.78, 5) is 6.56. The summed E-state index contributed by atoms with van der Waals surface area (Å²) in [6.45, 7) is 2.81. The molecule has 15 heavy (non-hydrogen) atoms. The standard InChI is InChI=1S/C11H16N4/c1-7-14-6-11(15(7)2)8-3-4-9(12)10(13)5-8/h3-5,11H,6,12-13H2,1-2H3. The lowest BCUT2D eigenvalue weighted by atomic mass is 10.1. The number of anilines is 2. The van der Waals surface area contributed by atoms with Crippen LogP contribution in [0.25, 0.3) is 0 Å². The van der Waals surface area contributed by atoms with Crippen LogP contribution in [-0.2, 0) is 0 Å². The van der Waals surface area contributed by atoms with Crippen molar-refractivity contribution in [2.75, 3.05) is 25.1 Å². The lowest BCUT2D eigenvalue weighted by Crippen LogP contribution is -2.24. The number of likely N-dealkylation sites (N-methyl/N-ethyl adjacent to an activating group) is 1. The fraction of sp³-hybridized carbons (Fsp3) is 0.364. The molecule has 0 aliphatic carbocycles. The minimum Gasteiger partial charge on any atom is -0.397 e. The van der Waals surface area contributed by atoms with Gasteiger partial charge >= 0.3 is 0 Å². The molecule has 0 aromatic heterocycles. The summed E-state index contributed by atoms with van der Waals surface area (Å²) in [5.41, 5.74) is 13.9. The minimum absolute atomic E-state index is 0.299. The molecule has 2 rings (SSSR count). The number of rotatable bonds is 1. The van der Waals surface area contributed by atoms with Crippen molar-refractivity contribution in [3.63, 3.8) is 0 Å². The Balaban J connectivity index is 2.28. The van der Waals surface area contributed by atoms with Crippen LogP contribution in [0.3, 0.4) is 0 Å². The third-order valence-corrected chi connectivity index (χ3v) is 2.97. The van der Waals surface area contributed by atoms with Gasteiger partial charge in [0.2, 0.25) is 0 Å². The molecule has 0 bridgehead atoms. The van der Waals surface area contributed by atoms with Gasteiger partial charge in [0.05, 0.1) is 29.8 Å². The van der Waals surface area contributed by atoms with Crippen LogP contribution in [0.2, 0.25) is 0 Å². The largest absolute Gasteiger partial charge is 0.397 e. The SMILES string of the molecule is CC1=NCC(c2ccc(N)c(N)c2)N1C. The quantitative estimate of drug-likeness (QED) is 0.677. The molecule has 1 heterocycles. The number of hydrogen-bond donors (Lipinski definition) is 2. The first-order valence-corrected chi connectivity index (χ1v) is 4.98. The molecule has 1 aromatic carbocycles. The zero-order chi connectivity index (χ0) is 11.0. The Kier molecular flexibility index (Phi) is 2.26. The van der Waals surface area contributed by atoms with E-state index in [1.807, 2.05) is 32.2 Å². The van der Waals surface area contributed by atoms with Crippen molar-refractivity contribution in [3.8, 4) is 0 Å². The van der Waals surface area contributed by atoms with Crippen LogP contribution in [0.5, 0.6) is 0 Å². The van der Waals surface area contributed by atoms with Crippen molar-refractivity contribution in [1.29, 1.82) is 0 Å². The van der Waals surface area contributed by atoms with Gasteiger partial charge in [-0.1, -0.05) is 6.07 Å². The van der Waals surface area contributed by atoms with E-state index >= 15 is 0 Å². The van der Waals surface area contributed by atoms with Crippen molar-refractivity contribution in [1.82, 2.24) is 4.90 Å². The predicted molar refractivity (Wildman–Crippen MR) is 63.7 cm³/mol. The molecular weight excluding hydrogens is 188 g/mol. The second-order valence-electron chi connectivity index (χ2n) is 3.90. The first-order valence-electron chi connectivity index (χ1n) is 4.98. The van der Waals surface area contributed by atoms with Crippen molar-refractivity contribution in [2.45, 2.75) is 13.0 Å². The molecule has 4 nitrogen and oxygen atoms in total. The average Bonchev–Trinajstić information content (AvgIpc) is 2.53. The number of aliphatic imine (C=N–C) groups is 1. The van der Waals surface area contributed by atoms with Gasteiger partial charge in [0.25, 0.3) is 0 Å². The highest BCUT2D eigenvalue weighted by molar-refractivity contribution is 5.81. The van der Waals surface area contributed by atoms with Gasteiger partial charge < -0.3 is 16.4 Å². The summed E-state index contributed by atoms with van der Waals surface area (Å²) in [6.07, 6.45) is 0. The summed E-state index contributed by atoms with van der Waals surface area (Å²) in [5, 5.41) is 0. The molecule has 0 radical (unpaired) electrons. The Morgan fingerprint density at radius 3 is 2.60 bits per heavy atom. The molecule has 4 N–H and O–H groups in total. The van der Waals surface area contributed by atoms with E-state index in [1.165, 1.54) is 5.56 Å². The van der Waals surface area contributed by atoms with Crippen LogP contribution >= 0.6 is 0 Å². The average molecular weight is 204 g/mol. The van der Waals surface area contributed by atoms with Gasteiger partial charge in [0, 0.05) is 7.05 Å². The number of amidine groups is 1. The normalized spacial score (nSPS) is 20.5. The van der Waals surface area contributed by atoms with Crippen LogP contribution in [0.1, 0.15) is 18.5 Å². The Morgan fingerprint density at radius 1 is 1.33 bits per heavy atom. The van der Waals surface area contributed by atoms with E-state index < -0.39 is 0 Å². The molecule has 0 fully saturated rings. The topological polar surface area (TPSA) is 67.6 Å². The van der Waals surface area contributed by atoms with Crippen molar-refractivity contribution < 1.29 is 0 Å². The maximum Gasteiger partial charge on any atom is 0.0961 e. The van der Waals surface area contributed by atoms with E-state index in [1.54, 1.807) is 0 Å². The summed E-state index contributed by atoms with van der Waals surface area (Å²) in [6, 6.07) is 6.10. The molecule has 0 amide bonds. The highest BCUT2D eigenvalue weighted by atomic mass is 15.2. The molecule has 4 heteroatoms. The van der Waals surface area contributed by atoms with Gasteiger partial charge in [-0.3, -0.25) is 4.99 Å². The van der Waals surface area contributed by atoms with Gasteiger partial charge in [0.15, 0.2) is 0 Å². The number of nitrogens with zero attached hydrogens (tertiary/aromatic N) is 2. The number of hydrogen-bond acceptors (Lipinski definition) is 4. The zero-order valence-corrected chi connectivity index (χ0v) is 9.07. The Morgan fingerprint density at radius 2 is 2.07 bits per heavy atom. The van der Waals surface area contributed by atoms with Crippen LogP contribution in [0.15, 0.2) is 23.2 Å². The second kappa shape index (κ2) is 3.46. The predicted octanol–water partition coefficient (Wildman–Crippen LogP) is 1.26. The van der Waals surface area contributed by atoms with Crippen LogP contribution < -0.4 is 11.5 Å². The second-order valence-corrected chi connectivity index (χ2v) is 3.90. The van der Waals surface area contributed by atoms with Crippen molar-refractivity contribution in [3.05, 3.63) is 23.8 Å². The van der Waals surface area contributed by atoms with Gasteiger partial charge in [-0.15, -0.1) is 0 Å². The molecule has 1 aliphatic rings. The molecule has 1 unspecified atom stereocenters. The molecule has 0 spiro atoms. The smallest absolute Gasteiger partial charge is 0.0961 e. The van der Waals surface area contributed by atoms with E-state index in [-0.39, 0.29) is 0 Å². The first-order chi connectivity index (χ1) is 7.09. The summed E-state index contributed by atoms with van der Waals surface area (Å²) in [7, 11) is 2.04. The van der Waals surface area contributed by atoms with E-state index in [2.05, 4.69) is 9.89 Å². The third kappa shape index (κ3) is 1.63. The number of nitrogens with two attached hydrogens (primary N) is 2. The Labute approximate surface area is 89.6 Å². The molecule has 80 valence electrons. The molecule has 1 atom stereocenters. The summed E-state index contributed by atoms with van der Waals surface area (Å²) in [5.74, 6) is 1.07. The highest BCUT2D eigenvalue weighted by Gasteiger charge is 2.23. The van der Waals surface area contributed by atoms with Gasteiger partial charge in [-0.25, -0.2) is 0 Å². The van der Waals surface area contributed by atoms with Crippen LogP contribution in [0.4, 0.5) is 11.4 Å². The maximum absolute atomic E-state index is 5.79. The number of benzene rings is 1. The van der Waals surface area contributed by atoms with Crippen LogP contribution in [0, 0.1) is 0 Å². The molecule has 0 saturated heterocycles. The molecule has 0 saturated carbocycles. The van der Waals surface area contributed by atoms with E-state index in [9.17, 15) is 0 Å². The molecular formula is C11H16N4. The van der Waals surface area contributed by atoms with Gasteiger partial charge in [-0.05, 0) is 24.6 Å². The summed E-state index contributed by atoms with van der Waals surface area (Å²) >= 11 is 0. The lowest BCUT2D eigenvalue weighted by molar-refractivity contribution is 0.416. The molecule has 1 aromatic rings. The monoisotopic (exact) mass is 204 g/mol. The molecule has 1 aliphatic heterocycles. The minimum atomic E-state index is 0.299. The Bertz CT molecular complexity index is 411. The lowest BCUT2D eigenvalue weighted by Gasteiger charge is -2.22. The fourth-order valence-corrected chi connectivity index (χ4v) is 1.81. The van der Waals surface area contributed by atoms with E-state index in [0.29, 0.717) is 17.4 Å². The maximum atomic E-state index is 5.79. The van der Waals surface area contributed by atoms with Gasteiger partial charge in [-0.2, -0.15) is 0 Å². The Hall–Kier alpha value is -1.71. The summed E-state index contributed by atoms with van der Waals surface area (Å²) < 4.78 is 0. The van der Waals surface area contributed by atoms with Crippen LogP contribution in [-0.4, -0.2) is 24.3 Å². The third-order valence-electron chi connectivity index (χ3n) is 2.97. The zero-order valence-electron chi connectivity index (χ0n) is 9.07. The van der Waals surface area contributed by atoms with Crippen molar-refractivity contribution >= 4 is 17.2 Å². The highest BCUT2D eigenvalue weighted by Crippen LogP contribution is 2.28. The van der Waals surface area contributed by atoms with Gasteiger partial charge in [0.1, 0.15) is 0 Å². The number of nitrogen functional groups attached to an aromatic ring is 2. The van der Waals surface area contributed by atoms with Crippen molar-refractivity contribution in [2.24, 2.45) is 4.99 Å². The first kappa shape index (κ1) is 9.83. The van der Waals surface area contributed by atoms with E-state index in [0.717, 1.165) is 12.4 Å². The fourth-order valence-electron chi connectivity index (χ4n) is 1.81. The van der Waals surface area contributed by atoms with E-state index in [4.69, 9.17) is 11.5 Å².